The number of pyridine rings is 1. The Bertz CT molecular complexity index is 1820. The maximum atomic E-state index is 13.5. The molecule has 3 atom stereocenters. The van der Waals surface area contributed by atoms with Crippen molar-refractivity contribution in [2.24, 2.45) is 5.92 Å². The minimum absolute atomic E-state index is 0.0934. The first-order valence-electron chi connectivity index (χ1n) is 18.3. The summed E-state index contributed by atoms with van der Waals surface area (Å²) in [5.74, 6) is 0.769. The van der Waals surface area contributed by atoms with Crippen molar-refractivity contribution < 1.29 is 13.4 Å². The van der Waals surface area contributed by atoms with Gasteiger partial charge in [0.25, 0.3) is 5.95 Å². The fraction of sp³-hybridized carbons (Fsp3) is 0.590. The lowest BCUT2D eigenvalue weighted by Crippen LogP contribution is -2.51. The van der Waals surface area contributed by atoms with E-state index < -0.39 is 32.7 Å². The highest BCUT2D eigenvalue weighted by atomic mass is 32.2. The van der Waals surface area contributed by atoms with E-state index in [1.54, 1.807) is 10.9 Å². The third kappa shape index (κ3) is 8.85. The fourth-order valence-corrected chi connectivity index (χ4v) is 9.39. The predicted molar refractivity (Wildman–Crippen MR) is 215 cm³/mol. The molecule has 3 aromatic heterocycles. The van der Waals surface area contributed by atoms with Crippen LogP contribution in [0.3, 0.4) is 0 Å². The summed E-state index contributed by atoms with van der Waals surface area (Å²) in [6.07, 6.45) is 5.51. The van der Waals surface area contributed by atoms with Gasteiger partial charge >= 0.3 is 0 Å². The number of fused-ring (bicyclic) bond motifs is 1. The summed E-state index contributed by atoms with van der Waals surface area (Å²) in [5.41, 5.74) is 4.41. The van der Waals surface area contributed by atoms with Gasteiger partial charge < -0.3 is 13.4 Å². The number of hydrogen-bond donors (Lipinski definition) is 1. The summed E-state index contributed by atoms with van der Waals surface area (Å²) in [6, 6.07) is 14.1. The highest BCUT2D eigenvalue weighted by molar-refractivity contribution is 7.90. The normalized spacial score (nSPS) is 19.5. The molecule has 51 heavy (non-hydrogen) atoms. The molecule has 1 saturated carbocycles. The van der Waals surface area contributed by atoms with Crippen LogP contribution in [0.2, 0.25) is 36.3 Å². The van der Waals surface area contributed by atoms with Gasteiger partial charge in [-0.3, -0.25) is 4.98 Å². The van der Waals surface area contributed by atoms with Crippen LogP contribution in [0.5, 0.6) is 0 Å². The standard InChI is InChI=1S/C39H60N6O3SSi2/c1-26(47-50(11,12)38(5,6)7)31-20-21-40-36(43-31)45-34-24-27(18-19-28(34)25-41-45)32-16-15-17-33(42-32)35(44-49(46)37(2,3)4)29-22-30(23-29)48-51(13,14)39(8,9)10/h15-21,24-26,29-30,35,44H,22-23H2,1-14H3/t26-,29?,30?,35+,49?/m1/s1. The largest absolute Gasteiger partial charge is 0.598 e. The van der Waals surface area contributed by atoms with E-state index in [0.29, 0.717) is 5.95 Å². The summed E-state index contributed by atoms with van der Waals surface area (Å²) in [7, 11) is -3.88. The zero-order chi connectivity index (χ0) is 37.7. The molecule has 0 amide bonds. The molecule has 1 aliphatic rings. The molecule has 1 unspecified atom stereocenters. The van der Waals surface area contributed by atoms with Gasteiger partial charge in [0.1, 0.15) is 4.75 Å². The molecular formula is C39H60N6O3SSi2. The monoisotopic (exact) mass is 748 g/mol. The van der Waals surface area contributed by atoms with Crippen molar-refractivity contribution in [2.75, 3.05) is 0 Å². The minimum Gasteiger partial charge on any atom is -0.598 e. The van der Waals surface area contributed by atoms with Gasteiger partial charge in [0.05, 0.1) is 40.9 Å². The Kier molecular flexibility index (Phi) is 11.2. The molecular weight excluding hydrogens is 689 g/mol. The van der Waals surface area contributed by atoms with Crippen molar-refractivity contribution in [1.29, 1.82) is 0 Å². The first-order chi connectivity index (χ1) is 23.5. The first kappa shape index (κ1) is 39.7. The Morgan fingerprint density at radius 2 is 1.55 bits per heavy atom. The molecule has 1 aliphatic carbocycles. The number of aromatic nitrogens is 5. The average Bonchev–Trinajstić information content (AvgIpc) is 3.43. The molecule has 4 aromatic rings. The van der Waals surface area contributed by atoms with Gasteiger partial charge in [0.15, 0.2) is 16.6 Å². The fourth-order valence-electron chi connectivity index (χ4n) is 5.75. The second-order valence-electron chi connectivity index (χ2n) is 18.3. The van der Waals surface area contributed by atoms with Crippen LogP contribution in [0.4, 0.5) is 0 Å². The first-order valence-corrected chi connectivity index (χ1v) is 25.3. The molecule has 12 heteroatoms. The Morgan fingerprint density at radius 3 is 2.18 bits per heavy atom. The molecule has 0 radical (unpaired) electrons. The summed E-state index contributed by atoms with van der Waals surface area (Å²) < 4.78 is 31.7. The molecule has 0 bridgehead atoms. The van der Waals surface area contributed by atoms with Crippen molar-refractivity contribution >= 4 is 38.9 Å². The van der Waals surface area contributed by atoms with Gasteiger partial charge in [-0.25, -0.2) is 9.97 Å². The van der Waals surface area contributed by atoms with Crippen LogP contribution in [0.15, 0.2) is 54.9 Å². The maximum Gasteiger partial charge on any atom is 0.251 e. The molecule has 9 nitrogen and oxygen atoms in total. The third-order valence-corrected chi connectivity index (χ3v) is 21.8. The number of nitrogens with zero attached hydrogens (tertiary/aromatic N) is 5. The summed E-state index contributed by atoms with van der Waals surface area (Å²) in [5, 5.41) is 5.92. The topological polar surface area (TPSA) is 110 Å². The number of nitrogens with one attached hydrogen (secondary N) is 1. The predicted octanol–water partition coefficient (Wildman–Crippen LogP) is 9.85. The van der Waals surface area contributed by atoms with E-state index >= 15 is 0 Å². The quantitative estimate of drug-likeness (QED) is 0.119. The van der Waals surface area contributed by atoms with Crippen LogP contribution in [0, 0.1) is 5.92 Å². The van der Waals surface area contributed by atoms with Gasteiger partial charge in [0.2, 0.25) is 0 Å². The maximum absolute atomic E-state index is 13.5. The van der Waals surface area contributed by atoms with Crippen molar-refractivity contribution in [2.45, 2.75) is 141 Å². The molecule has 1 fully saturated rings. The summed E-state index contributed by atoms with van der Waals surface area (Å²) >= 11 is -1.26. The summed E-state index contributed by atoms with van der Waals surface area (Å²) in [4.78, 5) is 14.7. The van der Waals surface area contributed by atoms with E-state index in [9.17, 15) is 4.55 Å². The number of rotatable bonds is 11. The van der Waals surface area contributed by atoms with Crippen molar-refractivity contribution in [3.8, 4) is 17.2 Å². The molecule has 0 aliphatic heterocycles. The zero-order valence-electron chi connectivity index (χ0n) is 33.3. The molecule has 1 aromatic carbocycles. The average molecular weight is 749 g/mol. The highest BCUT2D eigenvalue weighted by Gasteiger charge is 2.46. The lowest BCUT2D eigenvalue weighted by molar-refractivity contribution is 0.0365. The van der Waals surface area contributed by atoms with Gasteiger partial charge in [-0.2, -0.15) is 9.78 Å². The molecule has 1 N–H and O–H groups in total. The van der Waals surface area contributed by atoms with E-state index in [4.69, 9.17) is 23.9 Å². The van der Waals surface area contributed by atoms with Crippen LogP contribution in [0.25, 0.3) is 28.1 Å². The van der Waals surface area contributed by atoms with E-state index in [2.05, 4.69) is 109 Å². The third-order valence-electron chi connectivity index (χ3n) is 11.2. The smallest absolute Gasteiger partial charge is 0.251 e. The lowest BCUT2D eigenvalue weighted by Gasteiger charge is -2.46. The van der Waals surface area contributed by atoms with Crippen molar-refractivity contribution in [3.63, 3.8) is 0 Å². The van der Waals surface area contributed by atoms with Crippen molar-refractivity contribution in [1.82, 2.24) is 29.5 Å². The van der Waals surface area contributed by atoms with E-state index in [0.717, 1.165) is 46.4 Å². The molecule has 0 spiro atoms. The van der Waals surface area contributed by atoms with Gasteiger partial charge in [0, 0.05) is 34.6 Å². The second kappa shape index (κ2) is 14.4. The van der Waals surface area contributed by atoms with Gasteiger partial charge in [-0.1, -0.05) is 59.7 Å². The van der Waals surface area contributed by atoms with Crippen LogP contribution < -0.4 is 4.72 Å². The van der Waals surface area contributed by atoms with Gasteiger partial charge in [-0.15, -0.1) is 4.72 Å². The number of benzene rings is 1. The summed E-state index contributed by atoms with van der Waals surface area (Å²) in [6.45, 7) is 30.8. The molecule has 278 valence electrons. The zero-order valence-corrected chi connectivity index (χ0v) is 36.1. The lowest BCUT2D eigenvalue weighted by atomic mass is 9.76. The van der Waals surface area contributed by atoms with E-state index in [1.807, 2.05) is 45.2 Å². The minimum atomic E-state index is -2.00. The van der Waals surface area contributed by atoms with Gasteiger partial charge in [-0.05, 0) is 107 Å². The Labute approximate surface area is 311 Å². The van der Waals surface area contributed by atoms with E-state index in [1.165, 1.54) is 0 Å². The van der Waals surface area contributed by atoms with E-state index in [-0.39, 0.29) is 34.2 Å². The Morgan fingerprint density at radius 1 is 0.882 bits per heavy atom. The highest BCUT2D eigenvalue weighted by Crippen LogP contribution is 2.45. The van der Waals surface area contributed by atoms with Crippen LogP contribution in [-0.4, -0.2) is 56.8 Å². The molecule has 5 rings (SSSR count). The van der Waals surface area contributed by atoms with Crippen LogP contribution in [0.1, 0.15) is 106 Å². The SMILES string of the molecule is C[C@@H](O[Si](C)(C)C(C)(C)C)c1ccnc(-n2ncc3ccc(-c4cccc([C@@H](N[S+]([O-])C(C)(C)C)C5CC(O[Si](C)(C)C(C)(C)C)C5)n4)cc32)n1. The molecule has 0 saturated heterocycles. The molecule has 3 heterocycles. The van der Waals surface area contributed by atoms with Crippen molar-refractivity contribution in [3.05, 3.63) is 66.2 Å². The van der Waals surface area contributed by atoms with Crippen LogP contribution >= 0.6 is 0 Å². The Hall–Kier alpha value is -2.46. The number of hydrogen-bond acceptors (Lipinski definition) is 8. The second-order valence-corrected chi connectivity index (χ2v) is 29.8. The van der Waals surface area contributed by atoms with Crippen LogP contribution in [-0.2, 0) is 20.2 Å². The Balaban J connectivity index is 1.43.